The number of nitrogens with one attached hydrogen (secondary N) is 2. The second kappa shape index (κ2) is 7.20. The fraction of sp³-hybridized carbons (Fsp3) is 0.417. The molecule has 0 aliphatic carbocycles. The molecule has 19 heavy (non-hydrogen) atoms. The Balaban J connectivity index is 2.72. The summed E-state index contributed by atoms with van der Waals surface area (Å²) in [6.07, 6.45) is 0.331. The molecule has 0 aromatic heterocycles. The Bertz CT molecular complexity index is 462. The molecule has 104 valence electrons. The first-order valence-corrected chi connectivity index (χ1v) is 5.94. The number of amides is 1. The van der Waals surface area contributed by atoms with E-state index in [0.29, 0.717) is 25.3 Å². The molecule has 0 unspecified atom stereocenters. The largest absolute Gasteiger partial charge is 0.487 e. The number of rotatable bonds is 7. The van der Waals surface area contributed by atoms with Crippen LogP contribution in [0, 0.1) is 10.1 Å². The van der Waals surface area contributed by atoms with Gasteiger partial charge in [-0.25, -0.2) is 0 Å². The standard InChI is InChI=1S/C12H17N3O4/c1-3-19-11-8-9(4-5-10(11)15(17)18)14-7-6-12(16)13-2/h4-5,8,14H,3,6-7H2,1-2H3,(H,13,16). The first-order valence-electron chi connectivity index (χ1n) is 5.94. The highest BCUT2D eigenvalue weighted by Gasteiger charge is 2.15. The number of anilines is 1. The first-order chi connectivity index (χ1) is 9.08. The van der Waals surface area contributed by atoms with Crippen LogP contribution in [0.1, 0.15) is 13.3 Å². The summed E-state index contributed by atoms with van der Waals surface area (Å²) in [4.78, 5) is 21.4. The summed E-state index contributed by atoms with van der Waals surface area (Å²) in [6.45, 7) is 2.56. The molecule has 0 aliphatic heterocycles. The smallest absolute Gasteiger partial charge is 0.311 e. The number of nitro groups is 1. The van der Waals surface area contributed by atoms with E-state index in [9.17, 15) is 14.9 Å². The minimum absolute atomic E-state index is 0.0700. The Morgan fingerprint density at radius 2 is 2.21 bits per heavy atom. The summed E-state index contributed by atoms with van der Waals surface area (Å²) in [5.41, 5.74) is 0.608. The van der Waals surface area contributed by atoms with Crippen LogP contribution in [0.4, 0.5) is 11.4 Å². The second-order valence-corrected chi connectivity index (χ2v) is 3.72. The van der Waals surface area contributed by atoms with Gasteiger partial charge in [0.15, 0.2) is 5.75 Å². The van der Waals surface area contributed by atoms with Gasteiger partial charge in [-0.1, -0.05) is 0 Å². The number of carbonyl (C=O) groups is 1. The summed E-state index contributed by atoms with van der Waals surface area (Å²) in [5, 5.41) is 16.3. The van der Waals surface area contributed by atoms with Gasteiger partial charge >= 0.3 is 5.69 Å². The summed E-state index contributed by atoms with van der Waals surface area (Å²) in [6, 6.07) is 4.53. The van der Waals surface area contributed by atoms with E-state index in [1.165, 1.54) is 6.07 Å². The highest BCUT2D eigenvalue weighted by atomic mass is 16.6. The lowest BCUT2D eigenvalue weighted by atomic mass is 10.2. The predicted octanol–water partition coefficient (Wildman–Crippen LogP) is 1.54. The molecule has 1 aromatic rings. The number of nitrogens with zero attached hydrogens (tertiary/aromatic N) is 1. The van der Waals surface area contributed by atoms with Crippen LogP contribution in [0.25, 0.3) is 0 Å². The van der Waals surface area contributed by atoms with Crippen LogP contribution in [0.2, 0.25) is 0 Å². The molecule has 0 heterocycles. The predicted molar refractivity (Wildman–Crippen MR) is 71.4 cm³/mol. The van der Waals surface area contributed by atoms with E-state index in [-0.39, 0.29) is 17.3 Å². The van der Waals surface area contributed by atoms with E-state index < -0.39 is 4.92 Å². The molecular weight excluding hydrogens is 250 g/mol. The van der Waals surface area contributed by atoms with Crippen molar-refractivity contribution in [3.63, 3.8) is 0 Å². The Kier molecular flexibility index (Phi) is 5.59. The van der Waals surface area contributed by atoms with Crippen molar-refractivity contribution in [3.05, 3.63) is 28.3 Å². The molecule has 0 saturated carbocycles. The van der Waals surface area contributed by atoms with E-state index in [2.05, 4.69) is 10.6 Å². The van der Waals surface area contributed by atoms with Crippen molar-refractivity contribution in [2.75, 3.05) is 25.5 Å². The number of nitro benzene ring substituents is 1. The zero-order valence-corrected chi connectivity index (χ0v) is 10.9. The molecule has 7 heteroatoms. The van der Waals surface area contributed by atoms with Gasteiger partial charge in [-0.15, -0.1) is 0 Å². The fourth-order valence-electron chi connectivity index (χ4n) is 1.49. The molecule has 0 bridgehead atoms. The Morgan fingerprint density at radius 3 is 2.79 bits per heavy atom. The van der Waals surface area contributed by atoms with Crippen LogP contribution in [-0.4, -0.2) is 31.0 Å². The van der Waals surface area contributed by atoms with E-state index in [0.717, 1.165) is 0 Å². The number of hydrogen-bond acceptors (Lipinski definition) is 5. The zero-order chi connectivity index (χ0) is 14.3. The summed E-state index contributed by atoms with van der Waals surface area (Å²) in [5.74, 6) is 0.150. The van der Waals surface area contributed by atoms with Gasteiger partial charge in [0.05, 0.1) is 11.5 Å². The van der Waals surface area contributed by atoms with Crippen LogP contribution >= 0.6 is 0 Å². The number of ether oxygens (including phenoxy) is 1. The maximum atomic E-state index is 11.0. The van der Waals surface area contributed by atoms with Gasteiger partial charge in [0, 0.05) is 37.8 Å². The average Bonchev–Trinajstić information content (AvgIpc) is 2.38. The van der Waals surface area contributed by atoms with Gasteiger partial charge in [-0.3, -0.25) is 14.9 Å². The van der Waals surface area contributed by atoms with E-state index >= 15 is 0 Å². The molecule has 0 fully saturated rings. The van der Waals surface area contributed by atoms with Gasteiger partial charge in [0.1, 0.15) is 0 Å². The normalized spacial score (nSPS) is 9.79. The average molecular weight is 267 g/mol. The van der Waals surface area contributed by atoms with Gasteiger partial charge in [0.25, 0.3) is 0 Å². The molecule has 0 radical (unpaired) electrons. The third-order valence-corrected chi connectivity index (χ3v) is 2.42. The van der Waals surface area contributed by atoms with E-state index in [4.69, 9.17) is 4.74 Å². The molecule has 0 saturated heterocycles. The first kappa shape index (κ1) is 14.7. The minimum atomic E-state index is -0.487. The lowest BCUT2D eigenvalue weighted by Gasteiger charge is -2.09. The molecular formula is C12H17N3O4. The minimum Gasteiger partial charge on any atom is -0.487 e. The van der Waals surface area contributed by atoms with Crippen molar-refractivity contribution in [3.8, 4) is 5.75 Å². The van der Waals surface area contributed by atoms with Crippen LogP contribution in [0.5, 0.6) is 5.75 Å². The summed E-state index contributed by atoms with van der Waals surface area (Å²) >= 11 is 0. The fourth-order valence-corrected chi connectivity index (χ4v) is 1.49. The maximum absolute atomic E-state index is 11.0. The Morgan fingerprint density at radius 1 is 1.47 bits per heavy atom. The molecule has 2 N–H and O–H groups in total. The van der Waals surface area contributed by atoms with Crippen molar-refractivity contribution in [1.29, 1.82) is 0 Å². The number of hydrogen-bond donors (Lipinski definition) is 2. The molecule has 0 spiro atoms. The number of carbonyl (C=O) groups excluding carboxylic acids is 1. The molecule has 1 rings (SSSR count). The quantitative estimate of drug-likeness (QED) is 0.577. The molecule has 7 nitrogen and oxygen atoms in total. The van der Waals surface area contributed by atoms with E-state index in [1.54, 1.807) is 26.1 Å². The maximum Gasteiger partial charge on any atom is 0.311 e. The third-order valence-electron chi connectivity index (χ3n) is 2.42. The summed E-state index contributed by atoms with van der Waals surface area (Å²) in [7, 11) is 1.57. The zero-order valence-electron chi connectivity index (χ0n) is 10.9. The van der Waals surface area contributed by atoms with Gasteiger partial charge < -0.3 is 15.4 Å². The van der Waals surface area contributed by atoms with Crippen LogP contribution < -0.4 is 15.4 Å². The monoisotopic (exact) mass is 267 g/mol. The number of benzene rings is 1. The third kappa shape index (κ3) is 4.46. The van der Waals surface area contributed by atoms with Gasteiger partial charge in [-0.2, -0.15) is 0 Å². The van der Waals surface area contributed by atoms with Crippen LogP contribution in [0.15, 0.2) is 18.2 Å². The second-order valence-electron chi connectivity index (χ2n) is 3.72. The topological polar surface area (TPSA) is 93.5 Å². The molecule has 1 aromatic carbocycles. The molecule has 1 amide bonds. The Labute approximate surface area is 111 Å². The van der Waals surface area contributed by atoms with Gasteiger partial charge in [0.2, 0.25) is 5.91 Å². The van der Waals surface area contributed by atoms with Crippen molar-refractivity contribution < 1.29 is 14.5 Å². The van der Waals surface area contributed by atoms with Crippen molar-refractivity contribution in [2.45, 2.75) is 13.3 Å². The van der Waals surface area contributed by atoms with Gasteiger partial charge in [-0.05, 0) is 13.0 Å². The van der Waals surface area contributed by atoms with Crippen LogP contribution in [0.3, 0.4) is 0 Å². The van der Waals surface area contributed by atoms with Crippen LogP contribution in [-0.2, 0) is 4.79 Å². The molecule has 0 aliphatic rings. The SMILES string of the molecule is CCOc1cc(NCCC(=O)NC)ccc1[N+](=O)[O-]. The molecule has 0 atom stereocenters. The lowest BCUT2D eigenvalue weighted by Crippen LogP contribution is -2.20. The van der Waals surface area contributed by atoms with E-state index in [1.807, 2.05) is 0 Å². The highest BCUT2D eigenvalue weighted by molar-refractivity contribution is 5.76. The lowest BCUT2D eigenvalue weighted by molar-refractivity contribution is -0.385. The van der Waals surface area contributed by atoms with Crippen molar-refractivity contribution >= 4 is 17.3 Å². The van der Waals surface area contributed by atoms with Crippen molar-refractivity contribution in [1.82, 2.24) is 5.32 Å². The Hall–Kier alpha value is -2.31. The van der Waals surface area contributed by atoms with Crippen molar-refractivity contribution in [2.24, 2.45) is 0 Å². The summed E-state index contributed by atoms with van der Waals surface area (Å²) < 4.78 is 5.23. The highest BCUT2D eigenvalue weighted by Crippen LogP contribution is 2.29.